The van der Waals surface area contributed by atoms with Crippen LogP contribution in [0.3, 0.4) is 0 Å². The number of hydrogen-bond donors (Lipinski definition) is 1. The van der Waals surface area contributed by atoms with Crippen LogP contribution in [0.4, 0.5) is 0 Å². The Balaban J connectivity index is 0.000000519. The predicted octanol–water partition coefficient (Wildman–Crippen LogP) is 19.4. The van der Waals surface area contributed by atoms with Crippen molar-refractivity contribution >= 4 is 99.7 Å². The third kappa shape index (κ3) is 38.1. The Bertz CT molecular complexity index is 3930. The quantitative estimate of drug-likeness (QED) is 0.0389. The standard InChI is InChI=1S/C36H60BrNO8.C36H61NO8.C33H57NO7.C3H4Br2O.CH4/c1-13-30-28(19-43-35(41)26(8)37)16-20(2)14-15-29(39)22(4)17-23(5)33(24(6)21(3)18-31(40)45-30)46-36-34(42-12)32(38(10)11)25(7)27(9)44-36;1-13-29-27-18-42-35(40)25(8)31(27)19(2)14-15-28(38)21(4)16-22(5)33(23(6)20(3)17-30(39)44-29)45-36-34(41-12)32(37(10)11)24(7)26(9)43-36;1-12-28-26(18-35)15-19(2)13-14-27(36)21(4)16-22(5)31(23(6)20(3)17-29(37)40-28)41-33-32(38-11)30(34(9)10)24(7)25(8)39-33;1-2(4)3(5)6;/h14-16,21-28,30,32-34,36H,13,17-19H2,1-12H3;14,20-27,29,31-34,36H,13,15-18H2,1-12H3;13-15,20-26,28,30-33,35H,12,16-18H2,1-11H3;2H,1H3;1H4/b15-14+,20-16+;19-14+;14-13+,19-15+;;/t21-,22-,23+,24+,25?,26?,27?,28-,30-,32?,33+,34?,36?;20-,21-,22+,23+,24?,25?,26?,27-,29-,31?,32?,33+,34?,36?;20-,21-,22+,23+,24?,25?,26-,28-,30?,31+,32?,33?;;/m111../s1. The van der Waals surface area contributed by atoms with Gasteiger partial charge in [0.05, 0.1) is 60.6 Å². The monoisotopic (exact) mass is 2160 g/mol. The molecule has 0 aromatic carbocycles. The molecule has 0 aromatic heterocycles. The Kier molecular flexibility index (Phi) is 57.5. The largest absolute Gasteiger partial charge is 0.465 e. The molecule has 7 heterocycles. The van der Waals surface area contributed by atoms with Gasteiger partial charge in [0.25, 0.3) is 0 Å². The van der Waals surface area contributed by atoms with Gasteiger partial charge in [-0.05, 0) is 218 Å². The number of likely N-dealkylation sites (N-methyl/N-ethyl adjacent to an activating group) is 3. The van der Waals surface area contributed by atoms with Gasteiger partial charge >= 0.3 is 29.8 Å². The number of aliphatic hydroxyl groups excluding tert-OH is 1. The predicted molar refractivity (Wildman–Crippen MR) is 557 cm³/mol. The molecule has 7 aliphatic heterocycles. The number of methoxy groups -OCH3 is 3. The highest BCUT2D eigenvalue weighted by Gasteiger charge is 2.52. The number of carbonyl (C=O) groups is 9. The first-order chi connectivity index (χ1) is 64.5. The summed E-state index contributed by atoms with van der Waals surface area (Å²) in [5, 5.41) is 10.1. The van der Waals surface area contributed by atoms with Crippen LogP contribution in [0.15, 0.2) is 59.3 Å². The summed E-state index contributed by atoms with van der Waals surface area (Å²) < 4.78 is 87.1. The molecule has 27 nitrogen and oxygen atoms in total. The van der Waals surface area contributed by atoms with Gasteiger partial charge in [0.2, 0.25) is 4.69 Å². The van der Waals surface area contributed by atoms with E-state index in [-0.39, 0.29) is 301 Å². The lowest BCUT2D eigenvalue weighted by Crippen LogP contribution is -2.60. The minimum absolute atomic E-state index is 0. The number of ketones is 3. The van der Waals surface area contributed by atoms with Gasteiger partial charge in [0.15, 0.2) is 30.4 Å². The summed E-state index contributed by atoms with van der Waals surface area (Å²) in [5.41, 5.74) is 2.65. The summed E-state index contributed by atoms with van der Waals surface area (Å²) in [6.45, 7) is 54.6. The number of alkyl halides is 2. The van der Waals surface area contributed by atoms with Crippen LogP contribution in [0.1, 0.15) is 259 Å². The number of esters is 5. The molecule has 30 heteroatoms. The van der Waals surface area contributed by atoms with E-state index in [1.54, 1.807) is 59.5 Å². The number of carbonyl (C=O) groups excluding carboxylic acids is 9. The van der Waals surface area contributed by atoms with E-state index in [0.717, 1.165) is 16.7 Å². The van der Waals surface area contributed by atoms with Gasteiger partial charge in [-0.1, -0.05) is 218 Å². The Morgan fingerprint density at radius 2 is 0.784 bits per heavy atom. The SMILES string of the molecule is C.CC(Br)C(=O)Br.CC[C@H]1OC(=O)C[C@@H](C)[C@H](C)[C@@H](OC2OC(C)C(C)C(N(C)C)C2OC)[C@@H](C)C[C@@H](C)C(=O)/C=C/C(C)=C/[C@@H]1CO.CC[C@H]1OC(=O)C[C@@H](C)[C@H](C)[C@@H](OC2OC(C)C(C)C(N(C)C)C2OC)[C@@H](C)C[C@@H](C)C(=O)/C=C/C(C)=C/[C@@H]1COC(=O)C(C)Br.CC[C@H]1OC(=O)C[C@@H](C)[C@H](C)[C@@H](OC2OC(C)C(C)C(N(C)C)C2OC)[C@@H](C)C[C@@H](C)C(=O)C/C=C(\C)C2C(C)C(=O)OC[C@@H]21. The highest BCUT2D eigenvalue weighted by atomic mass is 79.9. The lowest BCUT2D eigenvalue weighted by Gasteiger charge is -2.48. The van der Waals surface area contributed by atoms with Crippen LogP contribution < -0.4 is 0 Å². The van der Waals surface area contributed by atoms with E-state index in [2.05, 4.69) is 181 Å². The summed E-state index contributed by atoms with van der Waals surface area (Å²) in [6, 6.07) is 0.284. The average Bonchev–Trinajstić information content (AvgIpc) is 0.796. The fraction of sp³-hybridized carbons (Fsp3) is 0.826. The van der Waals surface area contributed by atoms with Gasteiger partial charge in [0, 0.05) is 124 Å². The van der Waals surface area contributed by atoms with Crippen molar-refractivity contribution in [3.05, 3.63) is 59.3 Å². The van der Waals surface area contributed by atoms with Gasteiger partial charge in [0.1, 0.15) is 53.8 Å². The van der Waals surface area contributed by atoms with E-state index < -0.39 is 42.0 Å². The molecular formula is C109H186Br3N3O24. The molecule has 0 radical (unpaired) electrons. The summed E-state index contributed by atoms with van der Waals surface area (Å²) in [4.78, 5) is 121. The summed E-state index contributed by atoms with van der Waals surface area (Å²) >= 11 is 9.05. The van der Waals surface area contributed by atoms with Crippen LogP contribution in [0.5, 0.6) is 0 Å². The van der Waals surface area contributed by atoms with Crippen LogP contribution in [0.25, 0.3) is 0 Å². The molecule has 0 bridgehead atoms. The van der Waals surface area contributed by atoms with Gasteiger partial charge in [-0.25, -0.2) is 0 Å². The zero-order valence-electron chi connectivity index (χ0n) is 90.6. The molecular weight excluding hydrogens is 1970 g/mol. The molecule has 4 fully saturated rings. The van der Waals surface area contributed by atoms with Crippen molar-refractivity contribution in [2.24, 2.45) is 118 Å². The van der Waals surface area contributed by atoms with Crippen LogP contribution in [0, 0.1) is 118 Å². The number of Topliss-reactive ketones (excluding diaryl/α,β-unsaturated/α-hetero) is 1. The molecule has 7 rings (SSSR count). The number of nitrogens with zero attached hydrogens (tertiary/aromatic N) is 3. The molecule has 19 unspecified atom stereocenters. The van der Waals surface area contributed by atoms with E-state index >= 15 is 0 Å². The first-order valence-corrected chi connectivity index (χ1v) is 53.7. The van der Waals surface area contributed by atoms with Crippen molar-refractivity contribution in [2.45, 2.75) is 378 Å². The molecule has 139 heavy (non-hydrogen) atoms. The van der Waals surface area contributed by atoms with Crippen molar-refractivity contribution in [3.63, 3.8) is 0 Å². The van der Waals surface area contributed by atoms with Crippen LogP contribution in [-0.2, 0) is 109 Å². The first-order valence-electron chi connectivity index (χ1n) is 51.0. The fourth-order valence-electron chi connectivity index (χ4n) is 21.4. The highest BCUT2D eigenvalue weighted by molar-refractivity contribution is 9.20. The van der Waals surface area contributed by atoms with E-state index in [1.165, 1.54) is 0 Å². The average molecular weight is 2160 g/mol. The van der Waals surface area contributed by atoms with Crippen molar-refractivity contribution < 1.29 is 115 Å². The Morgan fingerprint density at radius 3 is 1.09 bits per heavy atom. The van der Waals surface area contributed by atoms with Gasteiger partial charge in [-0.15, -0.1) is 0 Å². The number of aliphatic hydroxyl groups is 1. The molecule has 7 aliphatic rings. The normalized spacial score (nSPS) is 40.5. The highest BCUT2D eigenvalue weighted by Crippen LogP contribution is 2.44. The number of cyclic esters (lactones) is 4. The summed E-state index contributed by atoms with van der Waals surface area (Å²) in [6.07, 6.45) is 12.0. The zero-order chi connectivity index (χ0) is 105. The van der Waals surface area contributed by atoms with E-state index in [4.69, 9.17) is 66.3 Å². The Morgan fingerprint density at radius 1 is 0.460 bits per heavy atom. The van der Waals surface area contributed by atoms with Gasteiger partial charge in [-0.3, -0.25) is 43.2 Å². The molecule has 802 valence electrons. The Hall–Kier alpha value is -4.35. The minimum Gasteiger partial charge on any atom is -0.465 e. The molecule has 0 aromatic rings. The van der Waals surface area contributed by atoms with Crippen LogP contribution in [0.2, 0.25) is 0 Å². The van der Waals surface area contributed by atoms with Crippen molar-refractivity contribution in [3.8, 4) is 0 Å². The Labute approximate surface area is 862 Å². The second-order valence-electron chi connectivity index (χ2n) is 42.4. The number of fused-ring (bicyclic) bond motifs is 1. The smallest absolute Gasteiger partial charge is 0.319 e. The number of rotatable bonds is 20. The topological polar surface area (TPSA) is 313 Å². The number of allylic oxidation sites excluding steroid dienone is 8. The van der Waals surface area contributed by atoms with Crippen molar-refractivity contribution in [2.75, 3.05) is 83.4 Å². The van der Waals surface area contributed by atoms with Crippen molar-refractivity contribution in [1.29, 1.82) is 0 Å². The molecule has 40 atom stereocenters. The summed E-state index contributed by atoms with van der Waals surface area (Å²) in [7, 11) is 17.4. The third-order valence-corrected chi connectivity index (χ3v) is 33.0. The number of hydrogen-bond acceptors (Lipinski definition) is 27. The zero-order valence-corrected chi connectivity index (χ0v) is 95.4. The van der Waals surface area contributed by atoms with Gasteiger partial charge < -0.3 is 86.1 Å². The second kappa shape index (κ2) is 62.1. The van der Waals surface area contributed by atoms with Gasteiger partial charge in [-0.2, -0.15) is 0 Å². The molecule has 1 N–H and O–H groups in total. The maximum Gasteiger partial charge on any atom is 0.319 e. The molecule has 0 spiro atoms. The maximum absolute atomic E-state index is 13.5. The molecule has 0 saturated carbocycles. The molecule has 0 aliphatic carbocycles. The third-order valence-electron chi connectivity index (χ3n) is 30.9. The lowest BCUT2D eigenvalue weighted by molar-refractivity contribution is -0.297. The lowest BCUT2D eigenvalue weighted by atomic mass is 9.73. The molecule has 4 saturated heterocycles. The van der Waals surface area contributed by atoms with Crippen LogP contribution >= 0.6 is 47.8 Å². The van der Waals surface area contributed by atoms with E-state index in [1.807, 2.05) is 115 Å². The van der Waals surface area contributed by atoms with E-state index in [9.17, 15) is 48.3 Å². The first kappa shape index (κ1) is 129. The van der Waals surface area contributed by atoms with Crippen LogP contribution in [-0.4, -0.2) is 275 Å². The number of halogens is 3. The number of ether oxygens (including phenoxy) is 14. The minimum atomic E-state index is -0.614. The van der Waals surface area contributed by atoms with E-state index in [0.29, 0.717) is 38.5 Å². The molecule has 0 amide bonds. The summed E-state index contributed by atoms with van der Waals surface area (Å²) in [5.74, 6) is -2.97. The fourth-order valence-corrected chi connectivity index (χ4v) is 21.6. The maximum atomic E-state index is 13.5. The van der Waals surface area contributed by atoms with Crippen molar-refractivity contribution in [1.82, 2.24) is 14.7 Å². The second-order valence-corrected chi connectivity index (χ2v) is 46.0.